The SMILES string of the molecule is CC1CCCCC1OOCC1CO1. The highest BCUT2D eigenvalue weighted by Crippen LogP contribution is 2.26. The molecule has 0 aromatic rings. The van der Waals surface area contributed by atoms with Crippen LogP contribution in [-0.4, -0.2) is 25.4 Å². The summed E-state index contributed by atoms with van der Waals surface area (Å²) in [6.45, 7) is 3.67. The monoisotopic (exact) mass is 186 g/mol. The summed E-state index contributed by atoms with van der Waals surface area (Å²) in [4.78, 5) is 10.5. The molecule has 1 aliphatic carbocycles. The standard InChI is InChI=1S/C10H18O3/c1-8-4-2-3-5-10(8)13-12-7-9-6-11-9/h8-10H,2-7H2,1H3. The lowest BCUT2D eigenvalue weighted by molar-refractivity contribution is -0.337. The predicted molar refractivity (Wildman–Crippen MR) is 48.2 cm³/mol. The second-order valence-corrected chi connectivity index (χ2v) is 4.14. The molecule has 3 heteroatoms. The average molecular weight is 186 g/mol. The van der Waals surface area contributed by atoms with E-state index in [9.17, 15) is 0 Å². The average Bonchev–Trinajstić information content (AvgIpc) is 2.92. The highest BCUT2D eigenvalue weighted by Gasteiger charge is 2.26. The molecular formula is C10H18O3. The zero-order valence-corrected chi connectivity index (χ0v) is 8.20. The maximum atomic E-state index is 5.37. The first-order valence-corrected chi connectivity index (χ1v) is 5.26. The fourth-order valence-electron chi connectivity index (χ4n) is 1.79. The van der Waals surface area contributed by atoms with Crippen molar-refractivity contribution in [2.24, 2.45) is 5.92 Å². The lowest BCUT2D eigenvalue weighted by Gasteiger charge is -2.27. The highest BCUT2D eigenvalue weighted by atomic mass is 17.2. The molecule has 1 saturated heterocycles. The van der Waals surface area contributed by atoms with Gasteiger partial charge in [0, 0.05) is 0 Å². The van der Waals surface area contributed by atoms with Crippen LogP contribution in [0.1, 0.15) is 32.6 Å². The van der Waals surface area contributed by atoms with Gasteiger partial charge in [0.2, 0.25) is 0 Å². The normalized spacial score (nSPS) is 39.0. The minimum absolute atomic E-state index is 0.305. The van der Waals surface area contributed by atoms with Gasteiger partial charge in [-0.2, -0.15) is 0 Å². The Kier molecular flexibility index (Phi) is 3.19. The smallest absolute Gasteiger partial charge is 0.111 e. The predicted octanol–water partition coefficient (Wildman–Crippen LogP) is 1.91. The fourth-order valence-corrected chi connectivity index (χ4v) is 1.79. The molecule has 0 aromatic heterocycles. The number of rotatable bonds is 4. The van der Waals surface area contributed by atoms with Crippen molar-refractivity contribution < 1.29 is 14.5 Å². The Morgan fingerprint density at radius 2 is 2.08 bits per heavy atom. The number of hydrogen-bond acceptors (Lipinski definition) is 3. The van der Waals surface area contributed by atoms with Gasteiger partial charge in [0.1, 0.15) is 12.7 Å². The summed E-state index contributed by atoms with van der Waals surface area (Å²) in [5, 5.41) is 0. The summed E-state index contributed by atoms with van der Waals surface area (Å²) in [5.41, 5.74) is 0. The van der Waals surface area contributed by atoms with Gasteiger partial charge in [0.15, 0.2) is 0 Å². The van der Waals surface area contributed by atoms with Gasteiger partial charge in [0.25, 0.3) is 0 Å². The van der Waals surface area contributed by atoms with Crippen molar-refractivity contribution in [2.75, 3.05) is 13.2 Å². The summed E-state index contributed by atoms with van der Waals surface area (Å²) >= 11 is 0. The largest absolute Gasteiger partial charge is 0.370 e. The Bertz CT molecular complexity index is 156. The van der Waals surface area contributed by atoms with E-state index >= 15 is 0 Å². The molecule has 0 bridgehead atoms. The minimum atomic E-state index is 0.305. The summed E-state index contributed by atoms with van der Waals surface area (Å²) in [7, 11) is 0. The molecule has 1 saturated carbocycles. The Morgan fingerprint density at radius 3 is 2.77 bits per heavy atom. The van der Waals surface area contributed by atoms with E-state index in [-0.39, 0.29) is 0 Å². The summed E-state index contributed by atoms with van der Waals surface area (Å²) in [6, 6.07) is 0. The molecule has 2 fully saturated rings. The van der Waals surface area contributed by atoms with Crippen LogP contribution < -0.4 is 0 Å². The van der Waals surface area contributed by atoms with Gasteiger partial charge in [0.05, 0.1) is 12.7 Å². The number of ether oxygens (including phenoxy) is 1. The molecule has 13 heavy (non-hydrogen) atoms. The quantitative estimate of drug-likeness (QED) is 0.382. The van der Waals surface area contributed by atoms with E-state index in [1.54, 1.807) is 0 Å². The van der Waals surface area contributed by atoms with Gasteiger partial charge < -0.3 is 4.74 Å². The Balaban J connectivity index is 1.60. The minimum Gasteiger partial charge on any atom is -0.370 e. The van der Waals surface area contributed by atoms with Crippen LogP contribution in [0.5, 0.6) is 0 Å². The van der Waals surface area contributed by atoms with Crippen LogP contribution >= 0.6 is 0 Å². The Morgan fingerprint density at radius 1 is 1.31 bits per heavy atom. The van der Waals surface area contributed by atoms with Crippen molar-refractivity contribution in [3.63, 3.8) is 0 Å². The van der Waals surface area contributed by atoms with E-state index in [4.69, 9.17) is 14.5 Å². The van der Waals surface area contributed by atoms with Crippen LogP contribution in [0.15, 0.2) is 0 Å². The fraction of sp³-hybridized carbons (Fsp3) is 1.00. The topological polar surface area (TPSA) is 31.0 Å². The van der Waals surface area contributed by atoms with Crippen molar-refractivity contribution in [3.05, 3.63) is 0 Å². The molecule has 0 spiro atoms. The maximum Gasteiger partial charge on any atom is 0.111 e. The van der Waals surface area contributed by atoms with Gasteiger partial charge in [-0.1, -0.05) is 19.8 Å². The third-order valence-electron chi connectivity index (χ3n) is 2.88. The van der Waals surface area contributed by atoms with Gasteiger partial charge >= 0.3 is 0 Å². The molecule has 0 amide bonds. The van der Waals surface area contributed by atoms with E-state index < -0.39 is 0 Å². The van der Waals surface area contributed by atoms with Crippen LogP contribution in [0.25, 0.3) is 0 Å². The van der Waals surface area contributed by atoms with Crippen molar-refractivity contribution in [1.29, 1.82) is 0 Å². The first kappa shape index (κ1) is 9.44. The first-order valence-electron chi connectivity index (χ1n) is 5.26. The van der Waals surface area contributed by atoms with Crippen molar-refractivity contribution in [2.45, 2.75) is 44.8 Å². The molecule has 3 unspecified atom stereocenters. The van der Waals surface area contributed by atoms with E-state index in [0.717, 1.165) is 13.0 Å². The first-order chi connectivity index (χ1) is 6.36. The third kappa shape index (κ3) is 2.93. The van der Waals surface area contributed by atoms with Gasteiger partial charge in [-0.05, 0) is 18.8 Å². The lowest BCUT2D eigenvalue weighted by atomic mass is 9.88. The van der Waals surface area contributed by atoms with Crippen LogP contribution in [0.3, 0.4) is 0 Å². The second-order valence-electron chi connectivity index (χ2n) is 4.14. The highest BCUT2D eigenvalue weighted by molar-refractivity contribution is 4.71. The summed E-state index contributed by atoms with van der Waals surface area (Å²) in [6.07, 6.45) is 5.65. The summed E-state index contributed by atoms with van der Waals surface area (Å²) < 4.78 is 5.02. The zero-order chi connectivity index (χ0) is 9.10. The summed E-state index contributed by atoms with van der Waals surface area (Å²) in [5.74, 6) is 0.647. The van der Waals surface area contributed by atoms with Gasteiger partial charge in [-0.25, -0.2) is 9.78 Å². The second kappa shape index (κ2) is 4.40. The van der Waals surface area contributed by atoms with E-state index in [2.05, 4.69) is 6.92 Å². The molecule has 1 aliphatic heterocycles. The van der Waals surface area contributed by atoms with Crippen LogP contribution in [-0.2, 0) is 14.5 Å². The van der Waals surface area contributed by atoms with E-state index in [0.29, 0.717) is 24.7 Å². The molecule has 3 nitrogen and oxygen atoms in total. The lowest BCUT2D eigenvalue weighted by Crippen LogP contribution is -2.26. The Labute approximate surface area is 79.3 Å². The van der Waals surface area contributed by atoms with Gasteiger partial charge in [-0.15, -0.1) is 0 Å². The molecule has 2 aliphatic rings. The molecule has 0 aromatic carbocycles. The van der Waals surface area contributed by atoms with Crippen LogP contribution in [0.4, 0.5) is 0 Å². The van der Waals surface area contributed by atoms with Crippen molar-refractivity contribution in [3.8, 4) is 0 Å². The van der Waals surface area contributed by atoms with Crippen molar-refractivity contribution in [1.82, 2.24) is 0 Å². The van der Waals surface area contributed by atoms with Gasteiger partial charge in [-0.3, -0.25) is 0 Å². The molecule has 76 valence electrons. The van der Waals surface area contributed by atoms with Crippen molar-refractivity contribution >= 4 is 0 Å². The number of hydrogen-bond donors (Lipinski definition) is 0. The van der Waals surface area contributed by atoms with Crippen LogP contribution in [0, 0.1) is 5.92 Å². The molecule has 1 heterocycles. The van der Waals surface area contributed by atoms with Crippen LogP contribution in [0.2, 0.25) is 0 Å². The molecular weight excluding hydrogens is 168 g/mol. The molecule has 2 rings (SSSR count). The zero-order valence-electron chi connectivity index (χ0n) is 8.20. The molecule has 0 radical (unpaired) electrons. The Hall–Kier alpha value is -0.120. The van der Waals surface area contributed by atoms with E-state index in [1.165, 1.54) is 19.3 Å². The third-order valence-corrected chi connectivity index (χ3v) is 2.88. The maximum absolute atomic E-state index is 5.37. The molecule has 0 N–H and O–H groups in total. The molecule has 3 atom stereocenters. The van der Waals surface area contributed by atoms with E-state index in [1.807, 2.05) is 0 Å². The number of epoxide rings is 1.